The van der Waals surface area contributed by atoms with Gasteiger partial charge in [0, 0.05) is 0 Å². The molecule has 0 bridgehead atoms. The van der Waals surface area contributed by atoms with Gasteiger partial charge in [-0.2, -0.15) is 0 Å². The van der Waals surface area contributed by atoms with Gasteiger partial charge < -0.3 is 5.11 Å². The number of phenolic OH excluding ortho intramolecular Hbond substituents is 1. The summed E-state index contributed by atoms with van der Waals surface area (Å²) in [6.45, 7) is 12.8. The molecule has 0 aliphatic carbocycles. The van der Waals surface area contributed by atoms with Crippen LogP contribution < -0.4 is 0 Å². The number of rotatable bonds is 2. The van der Waals surface area contributed by atoms with Crippen LogP contribution in [0.1, 0.15) is 51.3 Å². The molecule has 0 radical (unpaired) electrons. The van der Waals surface area contributed by atoms with E-state index in [4.69, 9.17) is 0 Å². The van der Waals surface area contributed by atoms with Gasteiger partial charge in [0.15, 0.2) is 0 Å². The van der Waals surface area contributed by atoms with E-state index >= 15 is 0 Å². The highest BCUT2D eigenvalue weighted by atomic mass is 16.3. The van der Waals surface area contributed by atoms with Crippen LogP contribution in [0.4, 0.5) is 0 Å². The van der Waals surface area contributed by atoms with Crippen molar-refractivity contribution >= 4 is 0 Å². The molecule has 1 aromatic rings. The lowest BCUT2D eigenvalue weighted by atomic mass is 9.83. The van der Waals surface area contributed by atoms with Crippen LogP contribution in [-0.4, -0.2) is 5.11 Å². The van der Waals surface area contributed by atoms with Crippen LogP contribution in [0.5, 0.6) is 5.75 Å². The van der Waals surface area contributed by atoms with Gasteiger partial charge in [-0.25, -0.2) is 0 Å². The zero-order valence-corrected chi connectivity index (χ0v) is 11.4. The second-order valence-corrected chi connectivity index (χ2v) is 6.16. The van der Waals surface area contributed by atoms with E-state index in [1.54, 1.807) is 0 Å². The van der Waals surface area contributed by atoms with Crippen LogP contribution in [0.15, 0.2) is 12.1 Å². The summed E-state index contributed by atoms with van der Waals surface area (Å²) in [5.41, 5.74) is 3.38. The van der Waals surface area contributed by atoms with Gasteiger partial charge in [0.2, 0.25) is 0 Å². The Labute approximate surface area is 99.5 Å². The zero-order valence-electron chi connectivity index (χ0n) is 11.4. The Balaban J connectivity index is 3.23. The summed E-state index contributed by atoms with van der Waals surface area (Å²) < 4.78 is 0. The minimum absolute atomic E-state index is 0.00182. The predicted octanol–water partition coefficient (Wildman–Crippen LogP) is 4.20. The average Bonchev–Trinajstić information content (AvgIpc) is 2.08. The molecule has 0 amide bonds. The van der Waals surface area contributed by atoms with Crippen molar-refractivity contribution in [2.45, 2.75) is 53.4 Å². The Bertz CT molecular complexity index is 370. The van der Waals surface area contributed by atoms with Crippen molar-refractivity contribution in [2.24, 2.45) is 5.92 Å². The fraction of sp³-hybridized carbons (Fsp3) is 0.600. The van der Waals surface area contributed by atoms with E-state index in [0.29, 0.717) is 11.7 Å². The Hall–Kier alpha value is -0.980. The van der Waals surface area contributed by atoms with Gasteiger partial charge in [-0.3, -0.25) is 0 Å². The number of aryl methyl sites for hydroxylation is 1. The molecule has 16 heavy (non-hydrogen) atoms. The third kappa shape index (κ3) is 3.01. The first-order chi connectivity index (χ1) is 7.21. The lowest BCUT2D eigenvalue weighted by Crippen LogP contribution is -2.13. The van der Waals surface area contributed by atoms with E-state index in [-0.39, 0.29) is 5.41 Å². The molecule has 0 spiro atoms. The van der Waals surface area contributed by atoms with E-state index in [2.05, 4.69) is 46.8 Å². The molecular formula is C15H24O. The molecule has 1 heteroatoms. The van der Waals surface area contributed by atoms with Crippen LogP contribution in [0.25, 0.3) is 0 Å². The standard InChI is InChI=1S/C15H24O/c1-10(2)7-12-8-11(3)14(16)13(9-12)15(4,5)6/h8-10,16H,7H2,1-6H3. The Morgan fingerprint density at radius 2 is 1.75 bits per heavy atom. The minimum atomic E-state index is 0.00182. The van der Waals surface area contributed by atoms with E-state index in [1.807, 2.05) is 6.92 Å². The van der Waals surface area contributed by atoms with Crippen LogP contribution in [-0.2, 0) is 11.8 Å². The lowest BCUT2D eigenvalue weighted by molar-refractivity contribution is 0.442. The lowest BCUT2D eigenvalue weighted by Gasteiger charge is -2.23. The van der Waals surface area contributed by atoms with Gasteiger partial charge in [0.25, 0.3) is 0 Å². The summed E-state index contributed by atoms with van der Waals surface area (Å²) in [5.74, 6) is 1.11. The maximum Gasteiger partial charge on any atom is 0.122 e. The molecule has 0 saturated carbocycles. The molecule has 1 nitrogen and oxygen atoms in total. The van der Waals surface area contributed by atoms with Crippen molar-refractivity contribution in [3.05, 3.63) is 28.8 Å². The van der Waals surface area contributed by atoms with Crippen molar-refractivity contribution in [1.29, 1.82) is 0 Å². The minimum Gasteiger partial charge on any atom is -0.507 e. The first kappa shape index (κ1) is 13.1. The van der Waals surface area contributed by atoms with E-state index < -0.39 is 0 Å². The highest BCUT2D eigenvalue weighted by Gasteiger charge is 2.20. The molecule has 0 aliphatic rings. The number of aromatic hydroxyl groups is 1. The second-order valence-electron chi connectivity index (χ2n) is 6.16. The Kier molecular flexibility index (Phi) is 3.67. The van der Waals surface area contributed by atoms with E-state index in [0.717, 1.165) is 17.5 Å². The van der Waals surface area contributed by atoms with E-state index in [1.165, 1.54) is 5.56 Å². The molecule has 1 aromatic carbocycles. The first-order valence-electron chi connectivity index (χ1n) is 6.04. The summed E-state index contributed by atoms with van der Waals surface area (Å²) in [6, 6.07) is 4.26. The van der Waals surface area contributed by atoms with Crippen molar-refractivity contribution in [2.75, 3.05) is 0 Å². The molecule has 1 rings (SSSR count). The van der Waals surface area contributed by atoms with Crippen molar-refractivity contribution in [1.82, 2.24) is 0 Å². The molecule has 0 saturated heterocycles. The van der Waals surface area contributed by atoms with Gasteiger partial charge in [0.1, 0.15) is 5.75 Å². The maximum atomic E-state index is 10.1. The molecule has 0 fully saturated rings. The molecule has 0 unspecified atom stereocenters. The molecule has 0 aromatic heterocycles. The topological polar surface area (TPSA) is 20.2 Å². The second kappa shape index (κ2) is 4.48. The molecule has 0 aliphatic heterocycles. The highest BCUT2D eigenvalue weighted by molar-refractivity contribution is 5.46. The fourth-order valence-electron chi connectivity index (χ4n) is 2.02. The van der Waals surface area contributed by atoms with Crippen molar-refractivity contribution < 1.29 is 5.11 Å². The molecule has 0 heterocycles. The molecule has 90 valence electrons. The van der Waals surface area contributed by atoms with Crippen LogP contribution in [0, 0.1) is 12.8 Å². The SMILES string of the molecule is Cc1cc(CC(C)C)cc(C(C)(C)C)c1O. The number of benzene rings is 1. The normalized spacial score (nSPS) is 12.2. The molecular weight excluding hydrogens is 196 g/mol. The van der Waals surface area contributed by atoms with Crippen molar-refractivity contribution in [3.63, 3.8) is 0 Å². The summed E-state index contributed by atoms with van der Waals surface area (Å²) >= 11 is 0. The first-order valence-corrected chi connectivity index (χ1v) is 6.04. The summed E-state index contributed by atoms with van der Waals surface area (Å²) in [5, 5.41) is 10.1. The number of phenols is 1. The summed E-state index contributed by atoms with van der Waals surface area (Å²) in [6.07, 6.45) is 1.07. The molecule has 1 N–H and O–H groups in total. The van der Waals surface area contributed by atoms with Crippen molar-refractivity contribution in [3.8, 4) is 5.75 Å². The van der Waals surface area contributed by atoms with Crippen LogP contribution in [0.3, 0.4) is 0 Å². The van der Waals surface area contributed by atoms with Gasteiger partial charge in [-0.05, 0) is 41.4 Å². The van der Waals surface area contributed by atoms with Gasteiger partial charge >= 0.3 is 0 Å². The number of hydrogen-bond donors (Lipinski definition) is 1. The monoisotopic (exact) mass is 220 g/mol. The molecule has 0 atom stereocenters. The van der Waals surface area contributed by atoms with Gasteiger partial charge in [-0.15, -0.1) is 0 Å². The van der Waals surface area contributed by atoms with Crippen LogP contribution >= 0.6 is 0 Å². The predicted molar refractivity (Wildman–Crippen MR) is 70.1 cm³/mol. The maximum absolute atomic E-state index is 10.1. The summed E-state index contributed by atoms with van der Waals surface area (Å²) in [4.78, 5) is 0. The number of hydrogen-bond acceptors (Lipinski definition) is 1. The smallest absolute Gasteiger partial charge is 0.122 e. The quantitative estimate of drug-likeness (QED) is 0.792. The van der Waals surface area contributed by atoms with E-state index in [9.17, 15) is 5.11 Å². The fourth-order valence-corrected chi connectivity index (χ4v) is 2.02. The summed E-state index contributed by atoms with van der Waals surface area (Å²) in [7, 11) is 0. The van der Waals surface area contributed by atoms with Gasteiger partial charge in [-0.1, -0.05) is 46.8 Å². The largest absolute Gasteiger partial charge is 0.507 e. The Morgan fingerprint density at radius 3 is 2.19 bits per heavy atom. The third-order valence-corrected chi connectivity index (χ3v) is 2.81. The Morgan fingerprint density at radius 1 is 1.19 bits per heavy atom. The highest BCUT2D eigenvalue weighted by Crippen LogP contribution is 2.34. The average molecular weight is 220 g/mol. The zero-order chi connectivity index (χ0) is 12.5. The van der Waals surface area contributed by atoms with Crippen LogP contribution in [0.2, 0.25) is 0 Å². The van der Waals surface area contributed by atoms with Gasteiger partial charge in [0.05, 0.1) is 0 Å². The third-order valence-electron chi connectivity index (χ3n) is 2.81.